The van der Waals surface area contributed by atoms with Gasteiger partial charge in [0.1, 0.15) is 11.9 Å². The molecular formula is C17H22FNO3. The summed E-state index contributed by atoms with van der Waals surface area (Å²) in [4.78, 5) is 26.4. The standard InChI is InChI=1S/C17H22FNO3/c1-4-14-11(3)15(17(21)22-5-2)19(16(14)20)10-12-6-8-13(18)9-7-12/h6-9,11,14-15H,4-5,10H2,1-3H3. The molecule has 1 fully saturated rings. The van der Waals surface area contributed by atoms with Gasteiger partial charge in [-0.1, -0.05) is 26.0 Å². The smallest absolute Gasteiger partial charge is 0.329 e. The summed E-state index contributed by atoms with van der Waals surface area (Å²) in [6, 6.07) is 5.41. The predicted molar refractivity (Wildman–Crippen MR) is 80.3 cm³/mol. The zero-order valence-corrected chi connectivity index (χ0v) is 13.2. The van der Waals surface area contributed by atoms with Crippen LogP contribution in [0.1, 0.15) is 32.8 Å². The van der Waals surface area contributed by atoms with Crippen molar-refractivity contribution in [3.63, 3.8) is 0 Å². The molecule has 3 unspecified atom stereocenters. The average Bonchev–Trinajstić information content (AvgIpc) is 2.72. The van der Waals surface area contributed by atoms with Gasteiger partial charge in [0.15, 0.2) is 0 Å². The molecule has 0 spiro atoms. The largest absolute Gasteiger partial charge is 0.464 e. The van der Waals surface area contributed by atoms with E-state index in [1.165, 1.54) is 12.1 Å². The summed E-state index contributed by atoms with van der Waals surface area (Å²) >= 11 is 0. The molecule has 1 aromatic carbocycles. The Bertz CT molecular complexity index is 543. The molecule has 0 aromatic heterocycles. The third-order valence-electron chi connectivity index (χ3n) is 4.30. The van der Waals surface area contributed by atoms with E-state index in [1.54, 1.807) is 24.0 Å². The van der Waals surface area contributed by atoms with Crippen molar-refractivity contribution in [2.24, 2.45) is 11.8 Å². The Kier molecular flexibility index (Phi) is 5.16. The second-order valence-corrected chi connectivity index (χ2v) is 5.66. The summed E-state index contributed by atoms with van der Waals surface area (Å²) in [5.41, 5.74) is 0.799. The van der Waals surface area contributed by atoms with Crippen LogP contribution < -0.4 is 0 Å². The van der Waals surface area contributed by atoms with Crippen LogP contribution in [-0.2, 0) is 20.9 Å². The first-order chi connectivity index (χ1) is 10.5. The number of hydrogen-bond acceptors (Lipinski definition) is 3. The molecular weight excluding hydrogens is 285 g/mol. The van der Waals surface area contributed by atoms with Crippen LogP contribution in [0.4, 0.5) is 4.39 Å². The number of likely N-dealkylation sites (tertiary alicyclic amines) is 1. The highest BCUT2D eigenvalue weighted by Crippen LogP contribution is 2.34. The fourth-order valence-electron chi connectivity index (χ4n) is 3.16. The van der Waals surface area contributed by atoms with Crippen LogP contribution in [0.5, 0.6) is 0 Å². The van der Waals surface area contributed by atoms with E-state index >= 15 is 0 Å². The van der Waals surface area contributed by atoms with Gasteiger partial charge >= 0.3 is 5.97 Å². The number of esters is 1. The number of carbonyl (C=O) groups excluding carboxylic acids is 2. The van der Waals surface area contributed by atoms with Gasteiger partial charge in [-0.2, -0.15) is 0 Å². The molecule has 0 radical (unpaired) electrons. The number of carbonyl (C=O) groups is 2. The summed E-state index contributed by atoms with van der Waals surface area (Å²) < 4.78 is 18.1. The van der Waals surface area contributed by atoms with Crippen LogP contribution in [0.2, 0.25) is 0 Å². The highest BCUT2D eigenvalue weighted by Gasteiger charge is 2.48. The molecule has 0 N–H and O–H groups in total. The molecule has 1 amide bonds. The van der Waals surface area contributed by atoms with Gasteiger partial charge in [0.2, 0.25) is 5.91 Å². The number of ether oxygens (including phenoxy) is 1. The minimum atomic E-state index is -0.567. The lowest BCUT2D eigenvalue weighted by atomic mass is 9.90. The molecule has 1 aliphatic rings. The van der Waals surface area contributed by atoms with Crippen molar-refractivity contribution in [2.45, 2.75) is 39.8 Å². The predicted octanol–water partition coefficient (Wildman–Crippen LogP) is 2.76. The van der Waals surface area contributed by atoms with Crippen molar-refractivity contribution in [3.05, 3.63) is 35.6 Å². The van der Waals surface area contributed by atoms with Crippen molar-refractivity contribution in [1.82, 2.24) is 4.90 Å². The Labute approximate surface area is 130 Å². The molecule has 22 heavy (non-hydrogen) atoms. The van der Waals surface area contributed by atoms with Crippen LogP contribution in [0.15, 0.2) is 24.3 Å². The SMILES string of the molecule is CCOC(=O)C1C(C)C(CC)C(=O)N1Cc1ccc(F)cc1. The third kappa shape index (κ3) is 3.13. The van der Waals surface area contributed by atoms with Gasteiger partial charge in [0.25, 0.3) is 0 Å². The molecule has 0 bridgehead atoms. The van der Waals surface area contributed by atoms with Crippen LogP contribution in [0.25, 0.3) is 0 Å². The molecule has 1 aliphatic heterocycles. The van der Waals surface area contributed by atoms with Gasteiger partial charge < -0.3 is 9.64 Å². The Morgan fingerprint density at radius 1 is 1.27 bits per heavy atom. The Morgan fingerprint density at radius 3 is 2.45 bits per heavy atom. The fourth-order valence-corrected chi connectivity index (χ4v) is 3.16. The Balaban J connectivity index is 2.25. The van der Waals surface area contributed by atoms with Crippen LogP contribution in [0.3, 0.4) is 0 Å². The molecule has 0 aliphatic carbocycles. The van der Waals surface area contributed by atoms with E-state index in [4.69, 9.17) is 4.74 Å². The van der Waals surface area contributed by atoms with Gasteiger partial charge in [-0.05, 0) is 37.0 Å². The number of amides is 1. The second-order valence-electron chi connectivity index (χ2n) is 5.66. The minimum absolute atomic E-state index is 0.0302. The van der Waals surface area contributed by atoms with E-state index in [0.717, 1.165) is 5.56 Å². The van der Waals surface area contributed by atoms with E-state index < -0.39 is 6.04 Å². The lowest BCUT2D eigenvalue weighted by molar-refractivity contribution is -0.152. The summed E-state index contributed by atoms with van der Waals surface area (Å²) in [5, 5.41) is 0. The molecule has 3 atom stereocenters. The zero-order valence-electron chi connectivity index (χ0n) is 13.2. The Morgan fingerprint density at radius 2 is 1.91 bits per heavy atom. The topological polar surface area (TPSA) is 46.6 Å². The van der Waals surface area contributed by atoms with Gasteiger partial charge in [-0.3, -0.25) is 4.79 Å². The van der Waals surface area contributed by atoms with Crippen molar-refractivity contribution in [1.29, 1.82) is 0 Å². The number of nitrogens with zero attached hydrogens (tertiary/aromatic N) is 1. The van der Waals surface area contributed by atoms with Gasteiger partial charge in [0.05, 0.1) is 6.61 Å². The summed E-state index contributed by atoms with van der Waals surface area (Å²) in [6.07, 6.45) is 0.690. The average molecular weight is 307 g/mol. The molecule has 2 rings (SSSR count). The van der Waals surface area contributed by atoms with E-state index in [-0.39, 0.29) is 36.1 Å². The molecule has 4 nitrogen and oxygen atoms in total. The normalized spacial score (nSPS) is 24.6. The third-order valence-corrected chi connectivity index (χ3v) is 4.30. The van der Waals surface area contributed by atoms with E-state index in [2.05, 4.69) is 0 Å². The molecule has 5 heteroatoms. The summed E-state index contributed by atoms with van der Waals surface area (Å²) in [7, 11) is 0. The van der Waals surface area contributed by atoms with Crippen molar-refractivity contribution in [2.75, 3.05) is 6.61 Å². The van der Waals surface area contributed by atoms with Gasteiger partial charge in [-0.25, -0.2) is 9.18 Å². The first-order valence-corrected chi connectivity index (χ1v) is 7.71. The van der Waals surface area contributed by atoms with E-state index in [9.17, 15) is 14.0 Å². The fraction of sp³-hybridized carbons (Fsp3) is 0.529. The van der Waals surface area contributed by atoms with Crippen molar-refractivity contribution >= 4 is 11.9 Å². The van der Waals surface area contributed by atoms with Gasteiger partial charge in [0, 0.05) is 12.5 Å². The minimum Gasteiger partial charge on any atom is -0.464 e. The molecule has 120 valence electrons. The highest BCUT2D eigenvalue weighted by atomic mass is 19.1. The van der Waals surface area contributed by atoms with Crippen LogP contribution >= 0.6 is 0 Å². The summed E-state index contributed by atoms with van der Waals surface area (Å²) in [5.74, 6) is -0.969. The maximum atomic E-state index is 13.0. The molecule has 1 aromatic rings. The van der Waals surface area contributed by atoms with Gasteiger partial charge in [-0.15, -0.1) is 0 Å². The number of rotatable bonds is 5. The monoisotopic (exact) mass is 307 g/mol. The van der Waals surface area contributed by atoms with Crippen LogP contribution in [0, 0.1) is 17.7 Å². The maximum absolute atomic E-state index is 13.0. The molecule has 1 saturated heterocycles. The first kappa shape index (κ1) is 16.5. The zero-order chi connectivity index (χ0) is 16.3. The molecule has 0 saturated carbocycles. The Hall–Kier alpha value is -1.91. The number of hydrogen-bond donors (Lipinski definition) is 0. The van der Waals surface area contributed by atoms with Crippen molar-refractivity contribution in [3.8, 4) is 0 Å². The lowest BCUT2D eigenvalue weighted by Crippen LogP contribution is -2.41. The summed E-state index contributed by atoms with van der Waals surface area (Å²) in [6.45, 7) is 6.20. The maximum Gasteiger partial charge on any atom is 0.329 e. The second kappa shape index (κ2) is 6.90. The highest BCUT2D eigenvalue weighted by molar-refractivity contribution is 5.90. The lowest BCUT2D eigenvalue weighted by Gasteiger charge is -2.25. The number of halogens is 1. The quantitative estimate of drug-likeness (QED) is 0.786. The van der Waals surface area contributed by atoms with E-state index in [1.807, 2.05) is 13.8 Å². The molecule has 1 heterocycles. The van der Waals surface area contributed by atoms with E-state index in [0.29, 0.717) is 13.0 Å². The number of benzene rings is 1. The van der Waals surface area contributed by atoms with Crippen molar-refractivity contribution < 1.29 is 18.7 Å². The first-order valence-electron chi connectivity index (χ1n) is 7.71. The van der Waals surface area contributed by atoms with Crippen LogP contribution in [-0.4, -0.2) is 29.4 Å².